The van der Waals surface area contributed by atoms with E-state index in [-0.39, 0.29) is 23.6 Å². The van der Waals surface area contributed by atoms with Gasteiger partial charge in [0.1, 0.15) is 23.6 Å². The summed E-state index contributed by atoms with van der Waals surface area (Å²) in [7, 11) is 0. The lowest BCUT2D eigenvalue weighted by molar-refractivity contribution is -0.0529. The highest BCUT2D eigenvalue weighted by Gasteiger charge is 2.28. The highest BCUT2D eigenvalue weighted by Crippen LogP contribution is 2.35. The van der Waals surface area contributed by atoms with Crippen LogP contribution in [-0.4, -0.2) is 34.6 Å². The topological polar surface area (TPSA) is 97.9 Å². The molecule has 3 heterocycles. The van der Waals surface area contributed by atoms with Gasteiger partial charge in [0.05, 0.1) is 11.6 Å². The second kappa shape index (κ2) is 9.21. The van der Waals surface area contributed by atoms with Gasteiger partial charge in [-0.2, -0.15) is 19.3 Å². The molecule has 1 atom stereocenters. The third-order valence-electron chi connectivity index (χ3n) is 5.13. The number of anilines is 1. The van der Waals surface area contributed by atoms with Crippen molar-refractivity contribution in [3.8, 4) is 18.0 Å². The molecule has 0 bridgehead atoms. The molecule has 0 spiro atoms. The van der Waals surface area contributed by atoms with E-state index in [4.69, 9.17) is 16.9 Å². The third-order valence-corrected chi connectivity index (χ3v) is 5.41. The summed E-state index contributed by atoms with van der Waals surface area (Å²) in [5, 5.41) is 21.5. The molecule has 2 aromatic heterocycles. The Hall–Kier alpha value is -3.01. The van der Waals surface area contributed by atoms with E-state index >= 15 is 0 Å². The van der Waals surface area contributed by atoms with Crippen LogP contribution in [0.4, 0.5) is 14.6 Å². The SMILES string of the molecule is Cc1nc(OC(F)F)ccc1C(C)N1CCc2c(C#N)c(Cl)nc(NCC#N)c2C1. The first-order valence-corrected chi connectivity index (χ1v) is 9.62. The standard InChI is InChI=1S/C20H19ClF2N6O/c1-11-13(3-4-17(27-11)30-20(22)23)12(2)29-8-5-14-15(9-25)18(21)28-19(16(14)10-29)26-7-6-24/h3-4,12,20H,5,7-8,10H2,1-2H3,(H,26,28). The van der Waals surface area contributed by atoms with Crippen molar-refractivity contribution < 1.29 is 13.5 Å². The summed E-state index contributed by atoms with van der Waals surface area (Å²) in [5.74, 6) is 0.367. The third kappa shape index (κ3) is 4.43. The van der Waals surface area contributed by atoms with Crippen molar-refractivity contribution in [2.45, 2.75) is 39.5 Å². The summed E-state index contributed by atoms with van der Waals surface area (Å²) in [6, 6.07) is 7.22. The van der Waals surface area contributed by atoms with Crippen LogP contribution in [0.3, 0.4) is 0 Å². The summed E-state index contributed by atoms with van der Waals surface area (Å²) >= 11 is 6.17. The average molecular weight is 433 g/mol. The van der Waals surface area contributed by atoms with Crippen LogP contribution >= 0.6 is 11.6 Å². The zero-order chi connectivity index (χ0) is 21.8. The number of nitrogens with zero attached hydrogens (tertiary/aromatic N) is 5. The minimum absolute atomic E-state index is 0.0614. The number of nitriles is 2. The predicted molar refractivity (Wildman–Crippen MR) is 106 cm³/mol. The van der Waals surface area contributed by atoms with Crippen LogP contribution in [-0.2, 0) is 13.0 Å². The maximum Gasteiger partial charge on any atom is 0.388 e. The van der Waals surface area contributed by atoms with Gasteiger partial charge < -0.3 is 10.1 Å². The van der Waals surface area contributed by atoms with E-state index in [1.165, 1.54) is 6.07 Å². The van der Waals surface area contributed by atoms with Gasteiger partial charge in [-0.15, -0.1) is 0 Å². The molecule has 30 heavy (non-hydrogen) atoms. The van der Waals surface area contributed by atoms with Gasteiger partial charge in [-0.25, -0.2) is 9.97 Å². The van der Waals surface area contributed by atoms with Gasteiger partial charge in [0.2, 0.25) is 5.88 Å². The second-order valence-corrected chi connectivity index (χ2v) is 7.16. The molecule has 1 N–H and O–H groups in total. The lowest BCUT2D eigenvalue weighted by Crippen LogP contribution is -2.34. The van der Waals surface area contributed by atoms with E-state index in [2.05, 4.69) is 31.0 Å². The summed E-state index contributed by atoms with van der Waals surface area (Å²) in [6.07, 6.45) is 0.588. The van der Waals surface area contributed by atoms with Gasteiger partial charge in [-0.1, -0.05) is 17.7 Å². The largest absolute Gasteiger partial charge is 0.417 e. The molecule has 1 unspecified atom stereocenters. The van der Waals surface area contributed by atoms with Crippen LogP contribution in [0, 0.1) is 29.6 Å². The number of halogens is 3. The second-order valence-electron chi connectivity index (χ2n) is 6.81. The smallest absolute Gasteiger partial charge is 0.388 e. The lowest BCUT2D eigenvalue weighted by Gasteiger charge is -2.35. The lowest BCUT2D eigenvalue weighted by atomic mass is 9.94. The molecule has 0 saturated carbocycles. The Balaban J connectivity index is 1.90. The molecule has 7 nitrogen and oxygen atoms in total. The first kappa shape index (κ1) is 21.7. The minimum atomic E-state index is -2.92. The van der Waals surface area contributed by atoms with E-state index < -0.39 is 6.61 Å². The highest BCUT2D eigenvalue weighted by atomic mass is 35.5. The zero-order valence-corrected chi connectivity index (χ0v) is 17.2. The molecule has 0 amide bonds. The quantitative estimate of drug-likeness (QED) is 0.544. The van der Waals surface area contributed by atoms with E-state index in [9.17, 15) is 14.0 Å². The molecule has 0 aromatic carbocycles. The van der Waals surface area contributed by atoms with E-state index in [0.717, 1.165) is 16.7 Å². The van der Waals surface area contributed by atoms with Gasteiger partial charge >= 0.3 is 6.61 Å². The Morgan fingerprint density at radius 2 is 2.07 bits per heavy atom. The van der Waals surface area contributed by atoms with Crippen LogP contribution in [0.25, 0.3) is 0 Å². The van der Waals surface area contributed by atoms with Crippen LogP contribution < -0.4 is 10.1 Å². The number of nitrogens with one attached hydrogen (secondary N) is 1. The van der Waals surface area contributed by atoms with Crippen molar-refractivity contribution in [1.29, 1.82) is 10.5 Å². The summed E-state index contributed by atoms with van der Waals surface area (Å²) < 4.78 is 29.2. The first-order chi connectivity index (χ1) is 14.3. The van der Waals surface area contributed by atoms with Crippen molar-refractivity contribution in [3.63, 3.8) is 0 Å². The Labute approximate surface area is 177 Å². The fourth-order valence-electron chi connectivity index (χ4n) is 3.68. The first-order valence-electron chi connectivity index (χ1n) is 9.24. The Kier molecular flexibility index (Phi) is 6.66. The van der Waals surface area contributed by atoms with Gasteiger partial charge in [0, 0.05) is 36.5 Å². The van der Waals surface area contributed by atoms with Gasteiger partial charge in [-0.3, -0.25) is 4.90 Å². The predicted octanol–water partition coefficient (Wildman–Crippen LogP) is 3.97. The molecule has 1 aliphatic rings. The number of aromatic nitrogens is 2. The highest BCUT2D eigenvalue weighted by molar-refractivity contribution is 6.30. The van der Waals surface area contributed by atoms with Crippen LogP contribution in [0.15, 0.2) is 12.1 Å². The maximum atomic E-state index is 12.4. The summed E-state index contributed by atoms with van der Waals surface area (Å²) in [6.45, 7) is 2.03. The fraction of sp³-hybridized carbons (Fsp3) is 0.400. The molecular formula is C20H19ClF2N6O. The summed E-state index contributed by atoms with van der Waals surface area (Å²) in [5.41, 5.74) is 3.49. The Bertz CT molecular complexity index is 1030. The Morgan fingerprint density at radius 1 is 1.30 bits per heavy atom. The number of ether oxygens (including phenoxy) is 1. The van der Waals surface area contributed by atoms with Gasteiger partial charge in [0.25, 0.3) is 0 Å². The molecule has 0 saturated heterocycles. The number of aryl methyl sites for hydroxylation is 1. The van der Waals surface area contributed by atoms with Crippen molar-refractivity contribution in [3.05, 3.63) is 45.2 Å². The number of hydrogen-bond donors (Lipinski definition) is 1. The van der Waals surface area contributed by atoms with Crippen LogP contribution in [0.1, 0.15) is 40.9 Å². The number of alkyl halides is 2. The zero-order valence-electron chi connectivity index (χ0n) is 16.4. The van der Waals surface area contributed by atoms with Crippen LogP contribution in [0.2, 0.25) is 5.15 Å². The molecule has 0 radical (unpaired) electrons. The molecule has 10 heteroatoms. The van der Waals surface area contributed by atoms with Crippen molar-refractivity contribution in [2.24, 2.45) is 0 Å². The minimum Gasteiger partial charge on any atom is -0.417 e. The van der Waals surface area contributed by atoms with Crippen molar-refractivity contribution in [1.82, 2.24) is 14.9 Å². The molecule has 1 aliphatic heterocycles. The van der Waals surface area contributed by atoms with E-state index in [1.54, 1.807) is 13.0 Å². The number of fused-ring (bicyclic) bond motifs is 1. The normalized spacial score (nSPS) is 14.5. The van der Waals surface area contributed by atoms with Crippen LogP contribution in [0.5, 0.6) is 5.88 Å². The average Bonchev–Trinajstić information content (AvgIpc) is 2.71. The summed E-state index contributed by atoms with van der Waals surface area (Å²) in [4.78, 5) is 10.6. The van der Waals surface area contributed by atoms with Gasteiger partial charge in [-0.05, 0) is 31.4 Å². The van der Waals surface area contributed by atoms with Crippen molar-refractivity contribution >= 4 is 17.4 Å². The number of hydrogen-bond acceptors (Lipinski definition) is 7. The maximum absolute atomic E-state index is 12.4. The number of pyridine rings is 2. The molecule has 156 valence electrons. The van der Waals surface area contributed by atoms with Gasteiger partial charge in [0.15, 0.2) is 0 Å². The Morgan fingerprint density at radius 3 is 2.70 bits per heavy atom. The molecular weight excluding hydrogens is 414 g/mol. The van der Waals surface area contributed by atoms with E-state index in [1.807, 2.05) is 13.0 Å². The monoisotopic (exact) mass is 432 g/mol. The fourth-order valence-corrected chi connectivity index (χ4v) is 3.92. The number of rotatable bonds is 6. The molecule has 0 aliphatic carbocycles. The van der Waals surface area contributed by atoms with Crippen molar-refractivity contribution in [2.75, 3.05) is 18.4 Å². The molecule has 2 aromatic rings. The molecule has 0 fully saturated rings. The van der Waals surface area contributed by atoms with E-state index in [0.29, 0.717) is 36.6 Å². The molecule has 3 rings (SSSR count).